The average molecular weight is 249 g/mol. The molecule has 0 aromatic carbocycles. The van der Waals surface area contributed by atoms with E-state index in [0.717, 1.165) is 25.7 Å². The first-order chi connectivity index (χ1) is 7.47. The van der Waals surface area contributed by atoms with Gasteiger partial charge in [0.15, 0.2) is 9.84 Å². The number of rotatable bonds is 9. The summed E-state index contributed by atoms with van der Waals surface area (Å²) in [7, 11) is -2.90. The van der Waals surface area contributed by atoms with Gasteiger partial charge in [-0.3, -0.25) is 0 Å². The zero-order chi connectivity index (χ0) is 12.6. The summed E-state index contributed by atoms with van der Waals surface area (Å²) in [6.45, 7) is 8.65. The highest BCUT2D eigenvalue weighted by atomic mass is 32.2. The largest absolute Gasteiger partial charge is 0.313 e. The Bertz CT molecular complexity index is 258. The van der Waals surface area contributed by atoms with Crippen molar-refractivity contribution < 1.29 is 8.42 Å². The zero-order valence-electron chi connectivity index (χ0n) is 11.1. The Labute approximate surface area is 101 Å². The quantitative estimate of drug-likeness (QED) is 0.682. The number of hydrogen-bond acceptors (Lipinski definition) is 3. The molecule has 0 heterocycles. The predicted octanol–water partition coefficient (Wildman–Crippen LogP) is 2.37. The third-order valence-corrected chi connectivity index (χ3v) is 5.33. The van der Waals surface area contributed by atoms with Crippen LogP contribution in [-0.2, 0) is 9.84 Å². The summed E-state index contributed by atoms with van der Waals surface area (Å²) in [4.78, 5) is 0. The first-order valence-electron chi connectivity index (χ1n) is 6.42. The number of nitrogens with one attached hydrogen (secondary N) is 1. The summed E-state index contributed by atoms with van der Waals surface area (Å²) in [6.07, 6.45) is 3.82. The van der Waals surface area contributed by atoms with E-state index in [4.69, 9.17) is 0 Å². The molecule has 0 saturated carbocycles. The second kappa shape index (κ2) is 8.07. The number of hydrogen-bond donors (Lipinski definition) is 1. The summed E-state index contributed by atoms with van der Waals surface area (Å²) in [5.41, 5.74) is 0. The smallest absolute Gasteiger partial charge is 0.154 e. The van der Waals surface area contributed by atoms with Crippen LogP contribution < -0.4 is 5.32 Å². The Morgan fingerprint density at radius 2 is 1.69 bits per heavy atom. The maximum absolute atomic E-state index is 11.8. The van der Waals surface area contributed by atoms with Crippen molar-refractivity contribution in [2.24, 2.45) is 0 Å². The minimum absolute atomic E-state index is 0.264. The highest BCUT2D eigenvalue weighted by Crippen LogP contribution is 2.06. The second-order valence-corrected chi connectivity index (χ2v) is 6.99. The Morgan fingerprint density at radius 3 is 2.12 bits per heavy atom. The lowest BCUT2D eigenvalue weighted by molar-refractivity contribution is 0.479. The molecule has 4 heteroatoms. The maximum Gasteiger partial charge on any atom is 0.154 e. The molecule has 0 rings (SSSR count). The van der Waals surface area contributed by atoms with E-state index >= 15 is 0 Å². The molecule has 0 aliphatic heterocycles. The minimum Gasteiger partial charge on any atom is -0.313 e. The van der Waals surface area contributed by atoms with Crippen LogP contribution in [0.1, 0.15) is 53.4 Å². The molecule has 1 N–H and O–H groups in total. The summed E-state index contributed by atoms with van der Waals surface area (Å²) in [6, 6.07) is 0.448. The van der Waals surface area contributed by atoms with Crippen LogP contribution in [0.25, 0.3) is 0 Å². The van der Waals surface area contributed by atoms with E-state index in [1.807, 2.05) is 6.92 Å². The average Bonchev–Trinajstić information content (AvgIpc) is 2.27. The maximum atomic E-state index is 11.8. The van der Waals surface area contributed by atoms with Gasteiger partial charge < -0.3 is 5.32 Å². The van der Waals surface area contributed by atoms with E-state index in [1.165, 1.54) is 0 Å². The Kier molecular flexibility index (Phi) is 8.02. The molecule has 0 amide bonds. The van der Waals surface area contributed by atoms with Crippen LogP contribution in [-0.4, -0.2) is 32.0 Å². The monoisotopic (exact) mass is 249 g/mol. The molecule has 0 aromatic rings. The van der Waals surface area contributed by atoms with Crippen molar-refractivity contribution in [3.8, 4) is 0 Å². The minimum atomic E-state index is -2.90. The van der Waals surface area contributed by atoms with Crippen LogP contribution in [0.2, 0.25) is 0 Å². The van der Waals surface area contributed by atoms with E-state index in [-0.39, 0.29) is 5.25 Å². The topological polar surface area (TPSA) is 46.2 Å². The molecule has 0 fully saturated rings. The fraction of sp³-hybridized carbons (Fsp3) is 1.00. The molecule has 0 spiro atoms. The first-order valence-corrected chi connectivity index (χ1v) is 8.14. The normalized spacial score (nSPS) is 14.3. The first kappa shape index (κ1) is 15.9. The van der Waals surface area contributed by atoms with Crippen molar-refractivity contribution in [3.63, 3.8) is 0 Å². The zero-order valence-corrected chi connectivity index (χ0v) is 11.9. The van der Waals surface area contributed by atoms with Crippen LogP contribution in [0.4, 0.5) is 0 Å². The van der Waals surface area contributed by atoms with Gasteiger partial charge in [-0.1, -0.05) is 27.2 Å². The van der Waals surface area contributed by atoms with E-state index in [2.05, 4.69) is 19.2 Å². The third kappa shape index (κ3) is 5.85. The van der Waals surface area contributed by atoms with Gasteiger partial charge in [0.05, 0.1) is 11.0 Å². The molecule has 0 aliphatic rings. The van der Waals surface area contributed by atoms with Crippen LogP contribution in [0.5, 0.6) is 0 Å². The van der Waals surface area contributed by atoms with Crippen LogP contribution >= 0.6 is 0 Å². The van der Waals surface area contributed by atoms with Gasteiger partial charge in [0.25, 0.3) is 0 Å². The summed E-state index contributed by atoms with van der Waals surface area (Å²) in [5, 5.41) is 3.06. The lowest BCUT2D eigenvalue weighted by atomic mass is 10.2. The molecule has 0 radical (unpaired) electrons. The van der Waals surface area contributed by atoms with Crippen LogP contribution in [0.15, 0.2) is 0 Å². The van der Waals surface area contributed by atoms with Crippen molar-refractivity contribution >= 4 is 9.84 Å². The van der Waals surface area contributed by atoms with Gasteiger partial charge in [0.1, 0.15) is 0 Å². The summed E-state index contributed by atoms with van der Waals surface area (Å²) >= 11 is 0. The van der Waals surface area contributed by atoms with Gasteiger partial charge in [-0.2, -0.15) is 0 Å². The molecule has 0 aliphatic carbocycles. The highest BCUT2D eigenvalue weighted by Gasteiger charge is 2.20. The Morgan fingerprint density at radius 1 is 1.12 bits per heavy atom. The molecule has 98 valence electrons. The molecule has 3 nitrogen and oxygen atoms in total. The van der Waals surface area contributed by atoms with Gasteiger partial charge in [-0.15, -0.1) is 0 Å². The fourth-order valence-electron chi connectivity index (χ4n) is 1.58. The van der Waals surface area contributed by atoms with Gasteiger partial charge >= 0.3 is 0 Å². The van der Waals surface area contributed by atoms with Gasteiger partial charge in [-0.05, 0) is 26.2 Å². The van der Waals surface area contributed by atoms with E-state index in [9.17, 15) is 8.42 Å². The molecule has 16 heavy (non-hydrogen) atoms. The van der Waals surface area contributed by atoms with Crippen molar-refractivity contribution in [1.82, 2.24) is 5.32 Å². The standard InChI is InChI=1S/C12H27NO2S/c1-5-8-9-16(14,15)11(4)10-13-12(6-2)7-3/h11-13H,5-10H2,1-4H3. The Hall–Kier alpha value is -0.0900. The van der Waals surface area contributed by atoms with Gasteiger partial charge in [0, 0.05) is 12.6 Å². The molecule has 1 atom stereocenters. The summed E-state index contributed by atoms with van der Waals surface area (Å²) < 4.78 is 23.7. The molecular formula is C12H27NO2S. The van der Waals surface area contributed by atoms with Crippen molar-refractivity contribution in [3.05, 3.63) is 0 Å². The van der Waals surface area contributed by atoms with Crippen LogP contribution in [0, 0.1) is 0 Å². The van der Waals surface area contributed by atoms with Crippen molar-refractivity contribution in [1.29, 1.82) is 0 Å². The predicted molar refractivity (Wildman–Crippen MR) is 70.5 cm³/mol. The summed E-state index contributed by atoms with van der Waals surface area (Å²) in [5.74, 6) is 0.329. The van der Waals surface area contributed by atoms with E-state index in [0.29, 0.717) is 18.3 Å². The lowest BCUT2D eigenvalue weighted by Crippen LogP contribution is -2.38. The third-order valence-electron chi connectivity index (χ3n) is 3.08. The van der Waals surface area contributed by atoms with Crippen molar-refractivity contribution in [2.45, 2.75) is 64.7 Å². The van der Waals surface area contributed by atoms with Crippen molar-refractivity contribution in [2.75, 3.05) is 12.3 Å². The van der Waals surface area contributed by atoms with E-state index < -0.39 is 9.84 Å². The van der Waals surface area contributed by atoms with Crippen LogP contribution in [0.3, 0.4) is 0 Å². The van der Waals surface area contributed by atoms with Gasteiger partial charge in [-0.25, -0.2) is 8.42 Å². The molecule has 0 aromatic heterocycles. The number of sulfone groups is 1. The fourth-order valence-corrected chi connectivity index (χ4v) is 3.03. The van der Waals surface area contributed by atoms with Gasteiger partial charge in [0.2, 0.25) is 0 Å². The lowest BCUT2D eigenvalue weighted by Gasteiger charge is -2.18. The molecule has 0 bridgehead atoms. The SMILES string of the molecule is CCCCS(=O)(=O)C(C)CNC(CC)CC. The van der Waals surface area contributed by atoms with E-state index in [1.54, 1.807) is 6.92 Å². The highest BCUT2D eigenvalue weighted by molar-refractivity contribution is 7.92. The Balaban J connectivity index is 4.08. The molecule has 0 saturated heterocycles. The molecular weight excluding hydrogens is 222 g/mol. The number of unbranched alkanes of at least 4 members (excludes halogenated alkanes) is 1. The second-order valence-electron chi connectivity index (χ2n) is 4.45. The molecule has 1 unspecified atom stereocenters.